The molecule has 1 heterocycles. The van der Waals surface area contributed by atoms with Crippen LogP contribution < -0.4 is 11.1 Å². The number of thioether (sulfide) groups is 1. The van der Waals surface area contributed by atoms with Gasteiger partial charge in [0.2, 0.25) is 0 Å². The predicted octanol–water partition coefficient (Wildman–Crippen LogP) is 1.91. The molecule has 0 aromatic rings. The van der Waals surface area contributed by atoms with E-state index in [4.69, 9.17) is 5.73 Å². The van der Waals surface area contributed by atoms with Gasteiger partial charge in [0.05, 0.1) is 0 Å². The molecule has 3 N–H and O–H groups in total. The lowest BCUT2D eigenvalue weighted by Gasteiger charge is -2.44. The molecule has 2 unspecified atom stereocenters. The van der Waals surface area contributed by atoms with Gasteiger partial charge in [0.25, 0.3) is 0 Å². The van der Waals surface area contributed by atoms with Crippen molar-refractivity contribution in [2.45, 2.75) is 49.4 Å². The van der Waals surface area contributed by atoms with Gasteiger partial charge in [-0.3, -0.25) is 0 Å². The van der Waals surface area contributed by atoms with E-state index in [2.05, 4.69) is 36.2 Å². The minimum atomic E-state index is 0.194. The van der Waals surface area contributed by atoms with E-state index in [1.807, 2.05) is 0 Å². The van der Waals surface area contributed by atoms with Gasteiger partial charge in [-0.2, -0.15) is 11.8 Å². The molecule has 86 valence electrons. The van der Waals surface area contributed by atoms with E-state index in [0.717, 1.165) is 6.54 Å². The fourth-order valence-electron chi connectivity index (χ4n) is 2.67. The van der Waals surface area contributed by atoms with Crippen molar-refractivity contribution in [2.75, 3.05) is 12.3 Å². The summed E-state index contributed by atoms with van der Waals surface area (Å²) in [5, 5.41) is 4.47. The summed E-state index contributed by atoms with van der Waals surface area (Å²) < 4.78 is 0. The second-order valence-electron chi connectivity index (χ2n) is 4.76. The molecule has 2 atom stereocenters. The number of nitrogens with one attached hydrogen (secondary N) is 1. The molecule has 2 rings (SSSR count). The van der Waals surface area contributed by atoms with E-state index < -0.39 is 0 Å². The predicted molar refractivity (Wildman–Crippen MR) is 68.2 cm³/mol. The molecule has 0 saturated carbocycles. The first-order valence-electron chi connectivity index (χ1n) is 6.01. The average Bonchev–Trinajstić information content (AvgIpc) is 2.74. The van der Waals surface area contributed by atoms with Gasteiger partial charge in [-0.05, 0) is 31.4 Å². The molecule has 1 saturated heterocycles. The van der Waals surface area contributed by atoms with Crippen LogP contribution in [-0.2, 0) is 0 Å². The maximum Gasteiger partial charge on any atom is 0.0423 e. The van der Waals surface area contributed by atoms with Crippen LogP contribution in [0.15, 0.2) is 12.2 Å². The van der Waals surface area contributed by atoms with Crippen molar-refractivity contribution in [2.24, 2.45) is 5.73 Å². The van der Waals surface area contributed by atoms with Crippen LogP contribution in [-0.4, -0.2) is 29.1 Å². The average molecular weight is 226 g/mol. The third-order valence-electron chi connectivity index (χ3n) is 3.78. The summed E-state index contributed by atoms with van der Waals surface area (Å²) >= 11 is 2.07. The van der Waals surface area contributed by atoms with Crippen molar-refractivity contribution < 1.29 is 0 Å². The van der Waals surface area contributed by atoms with Gasteiger partial charge in [-0.25, -0.2) is 0 Å². The lowest BCUT2D eigenvalue weighted by atomic mass is 9.88. The molecule has 0 aromatic carbocycles. The van der Waals surface area contributed by atoms with E-state index in [1.54, 1.807) is 0 Å². The van der Waals surface area contributed by atoms with Gasteiger partial charge in [-0.1, -0.05) is 19.1 Å². The van der Waals surface area contributed by atoms with Gasteiger partial charge >= 0.3 is 0 Å². The van der Waals surface area contributed by atoms with Crippen LogP contribution >= 0.6 is 11.8 Å². The zero-order valence-electron chi connectivity index (χ0n) is 9.54. The number of rotatable bonds is 3. The van der Waals surface area contributed by atoms with Crippen molar-refractivity contribution in [1.82, 2.24) is 5.32 Å². The van der Waals surface area contributed by atoms with E-state index >= 15 is 0 Å². The maximum absolute atomic E-state index is 6.01. The van der Waals surface area contributed by atoms with Crippen LogP contribution in [0.1, 0.15) is 32.6 Å². The minimum absolute atomic E-state index is 0.194. The lowest BCUT2D eigenvalue weighted by Crippen LogP contribution is -2.61. The Hall–Kier alpha value is 0.0100. The number of nitrogens with two attached hydrogens (primary N) is 1. The van der Waals surface area contributed by atoms with Crippen molar-refractivity contribution in [1.29, 1.82) is 0 Å². The molecule has 0 radical (unpaired) electrons. The maximum atomic E-state index is 6.01. The largest absolute Gasteiger partial charge is 0.329 e. The molecule has 0 aromatic heterocycles. The van der Waals surface area contributed by atoms with Crippen LogP contribution in [0.5, 0.6) is 0 Å². The molecule has 15 heavy (non-hydrogen) atoms. The molecular weight excluding hydrogens is 204 g/mol. The first-order valence-corrected chi connectivity index (χ1v) is 7.06. The topological polar surface area (TPSA) is 38.0 Å². The lowest BCUT2D eigenvalue weighted by molar-refractivity contribution is 0.266. The Bertz CT molecular complexity index is 234. The monoisotopic (exact) mass is 226 g/mol. The zero-order valence-corrected chi connectivity index (χ0v) is 10.4. The SMILES string of the molecule is CC1SCCCC1(CN)NC1CC=CC1. The summed E-state index contributed by atoms with van der Waals surface area (Å²) in [5.74, 6) is 1.30. The van der Waals surface area contributed by atoms with Crippen molar-refractivity contribution in [3.05, 3.63) is 12.2 Å². The highest BCUT2D eigenvalue weighted by Gasteiger charge is 2.38. The molecule has 1 aliphatic carbocycles. The minimum Gasteiger partial charge on any atom is -0.329 e. The third-order valence-corrected chi connectivity index (χ3v) is 5.25. The number of hydrogen-bond acceptors (Lipinski definition) is 3. The van der Waals surface area contributed by atoms with Crippen LogP contribution in [0.3, 0.4) is 0 Å². The Morgan fingerprint density at radius 1 is 1.47 bits per heavy atom. The van der Waals surface area contributed by atoms with Gasteiger partial charge in [0, 0.05) is 23.4 Å². The molecule has 2 nitrogen and oxygen atoms in total. The summed E-state index contributed by atoms with van der Waals surface area (Å²) in [5.41, 5.74) is 6.20. The van der Waals surface area contributed by atoms with Crippen molar-refractivity contribution in [3.8, 4) is 0 Å². The quantitative estimate of drug-likeness (QED) is 0.722. The van der Waals surface area contributed by atoms with E-state index in [-0.39, 0.29) is 5.54 Å². The van der Waals surface area contributed by atoms with Gasteiger partial charge in [-0.15, -0.1) is 0 Å². The summed E-state index contributed by atoms with van der Waals surface area (Å²) in [4.78, 5) is 0. The fourth-order valence-corrected chi connectivity index (χ4v) is 3.93. The van der Waals surface area contributed by atoms with Crippen LogP contribution in [0.2, 0.25) is 0 Å². The molecule has 0 bridgehead atoms. The first kappa shape index (κ1) is 11.5. The smallest absolute Gasteiger partial charge is 0.0423 e. The molecule has 0 spiro atoms. The van der Waals surface area contributed by atoms with Crippen molar-refractivity contribution in [3.63, 3.8) is 0 Å². The Morgan fingerprint density at radius 2 is 2.20 bits per heavy atom. The molecule has 1 aliphatic heterocycles. The standard InChI is InChI=1S/C12H22N2S/c1-10-12(9-13,7-4-8-15-10)14-11-5-2-3-6-11/h2-3,10-11,14H,4-9,13H2,1H3. The highest BCUT2D eigenvalue weighted by atomic mass is 32.2. The van der Waals surface area contributed by atoms with Gasteiger partial charge in [0.15, 0.2) is 0 Å². The van der Waals surface area contributed by atoms with Crippen LogP contribution in [0, 0.1) is 0 Å². The molecular formula is C12H22N2S. The second kappa shape index (κ2) is 4.89. The Kier molecular flexibility index (Phi) is 3.75. The van der Waals surface area contributed by atoms with Gasteiger partial charge in [0.1, 0.15) is 0 Å². The Morgan fingerprint density at radius 3 is 2.80 bits per heavy atom. The summed E-state index contributed by atoms with van der Waals surface area (Å²) in [6, 6.07) is 0.634. The zero-order chi connectivity index (χ0) is 10.7. The Balaban J connectivity index is 1.99. The van der Waals surface area contributed by atoms with Gasteiger partial charge < -0.3 is 11.1 Å². The summed E-state index contributed by atoms with van der Waals surface area (Å²) in [6.07, 6.45) is 9.47. The van der Waals surface area contributed by atoms with Crippen LogP contribution in [0.4, 0.5) is 0 Å². The number of hydrogen-bond donors (Lipinski definition) is 2. The van der Waals surface area contributed by atoms with E-state index in [1.165, 1.54) is 31.4 Å². The summed E-state index contributed by atoms with van der Waals surface area (Å²) in [7, 11) is 0. The second-order valence-corrected chi connectivity index (χ2v) is 6.21. The van der Waals surface area contributed by atoms with Crippen LogP contribution in [0.25, 0.3) is 0 Å². The molecule has 2 aliphatic rings. The third kappa shape index (κ3) is 2.40. The summed E-state index contributed by atoms with van der Waals surface area (Å²) in [6.45, 7) is 3.10. The molecule has 3 heteroatoms. The highest BCUT2D eigenvalue weighted by molar-refractivity contribution is 8.00. The Labute approximate surface area is 97.1 Å². The van der Waals surface area contributed by atoms with E-state index in [9.17, 15) is 0 Å². The fraction of sp³-hybridized carbons (Fsp3) is 0.833. The molecule has 0 amide bonds. The first-order chi connectivity index (χ1) is 7.27. The normalized spacial score (nSPS) is 37.3. The van der Waals surface area contributed by atoms with Crippen molar-refractivity contribution >= 4 is 11.8 Å². The molecule has 1 fully saturated rings. The highest BCUT2D eigenvalue weighted by Crippen LogP contribution is 2.34. The van der Waals surface area contributed by atoms with E-state index in [0.29, 0.717) is 11.3 Å².